The van der Waals surface area contributed by atoms with Gasteiger partial charge in [-0.15, -0.1) is 0 Å². The highest BCUT2D eigenvalue weighted by atomic mass is 16.3. The van der Waals surface area contributed by atoms with Crippen molar-refractivity contribution in [1.82, 2.24) is 5.32 Å². The quantitative estimate of drug-likeness (QED) is 0.447. The molecule has 0 spiro atoms. The van der Waals surface area contributed by atoms with Gasteiger partial charge in [0.25, 0.3) is 0 Å². The van der Waals surface area contributed by atoms with Crippen LogP contribution in [0.5, 0.6) is 0 Å². The number of aliphatic hydroxyl groups is 1. The minimum absolute atomic E-state index is 0.0231. The summed E-state index contributed by atoms with van der Waals surface area (Å²) in [5.74, 6) is 1.42. The third-order valence-electron chi connectivity index (χ3n) is 2.43. The van der Waals surface area contributed by atoms with Gasteiger partial charge in [-0.25, -0.2) is 0 Å². The van der Waals surface area contributed by atoms with Crippen molar-refractivity contribution >= 4 is 0 Å². The molecule has 1 aliphatic carbocycles. The number of aliphatic hydroxyl groups excluding tert-OH is 1. The summed E-state index contributed by atoms with van der Waals surface area (Å²) in [6.07, 6.45) is 1.06. The molecule has 2 nitrogen and oxygen atoms in total. The van der Waals surface area contributed by atoms with Crippen molar-refractivity contribution in [1.29, 1.82) is 0 Å². The van der Waals surface area contributed by atoms with Gasteiger partial charge in [0.05, 0.1) is 6.10 Å². The van der Waals surface area contributed by atoms with Gasteiger partial charge < -0.3 is 10.4 Å². The fraction of sp³-hybridized carbons (Fsp3) is 1.00. The summed E-state index contributed by atoms with van der Waals surface area (Å²) in [6, 6.07) is 0. The second-order valence-electron chi connectivity index (χ2n) is 2.89. The van der Waals surface area contributed by atoms with Gasteiger partial charge in [0, 0.05) is 12.5 Å². The molecule has 3 unspecified atom stereocenters. The van der Waals surface area contributed by atoms with Crippen LogP contribution in [0.3, 0.4) is 0 Å². The Morgan fingerprint density at radius 2 is 2.25 bits per heavy atom. The van der Waals surface area contributed by atoms with E-state index in [0.29, 0.717) is 5.92 Å². The fourth-order valence-corrected chi connectivity index (χ4v) is 1.75. The Morgan fingerprint density at radius 1 is 1.38 bits per heavy atom. The van der Waals surface area contributed by atoms with E-state index in [-0.39, 0.29) is 6.10 Å². The first kappa shape index (κ1) is 4.77. The molecule has 0 amide bonds. The number of fused-ring (bicyclic) bond motifs is 1. The zero-order valence-corrected chi connectivity index (χ0v) is 4.80. The Kier molecular flexibility index (Phi) is 0.866. The molecule has 0 aromatic carbocycles. The van der Waals surface area contributed by atoms with E-state index in [1.165, 1.54) is 0 Å². The van der Waals surface area contributed by atoms with Gasteiger partial charge in [0.2, 0.25) is 0 Å². The minimum atomic E-state index is 0.0231. The number of nitrogens with one attached hydrogen (secondary N) is 1. The van der Waals surface area contributed by atoms with Crippen LogP contribution >= 0.6 is 0 Å². The summed E-state index contributed by atoms with van der Waals surface area (Å²) in [6.45, 7) is 2.19. The van der Waals surface area contributed by atoms with Gasteiger partial charge in [-0.1, -0.05) is 0 Å². The van der Waals surface area contributed by atoms with E-state index in [0.717, 1.165) is 25.4 Å². The Balaban J connectivity index is 2.02. The Labute approximate surface area is 48.9 Å². The van der Waals surface area contributed by atoms with Crippen molar-refractivity contribution in [2.75, 3.05) is 13.1 Å². The average Bonchev–Trinajstić information content (AvgIpc) is 2.09. The molecule has 3 atom stereocenters. The summed E-state index contributed by atoms with van der Waals surface area (Å²) in [7, 11) is 0. The lowest BCUT2D eigenvalue weighted by atomic mass is 9.74. The van der Waals surface area contributed by atoms with Crippen molar-refractivity contribution in [3.63, 3.8) is 0 Å². The first-order valence-electron chi connectivity index (χ1n) is 3.26. The van der Waals surface area contributed by atoms with E-state index < -0.39 is 0 Å². The molecule has 2 fully saturated rings. The average molecular weight is 113 g/mol. The highest BCUT2D eigenvalue weighted by molar-refractivity contribution is 4.95. The Morgan fingerprint density at radius 3 is 2.75 bits per heavy atom. The fourth-order valence-electron chi connectivity index (χ4n) is 1.75. The number of hydrogen-bond donors (Lipinski definition) is 2. The molecular formula is C6H11NO. The van der Waals surface area contributed by atoms with Crippen molar-refractivity contribution in [3.05, 3.63) is 0 Å². The molecule has 0 aromatic rings. The topological polar surface area (TPSA) is 32.3 Å². The molecule has 1 heterocycles. The van der Waals surface area contributed by atoms with Crippen molar-refractivity contribution in [2.45, 2.75) is 12.5 Å². The molecule has 1 saturated carbocycles. The number of rotatable bonds is 0. The van der Waals surface area contributed by atoms with Gasteiger partial charge in [-0.2, -0.15) is 0 Å². The molecular weight excluding hydrogens is 102 g/mol. The first-order valence-corrected chi connectivity index (χ1v) is 3.26. The van der Waals surface area contributed by atoms with Crippen LogP contribution in [-0.4, -0.2) is 24.3 Å². The molecule has 1 saturated heterocycles. The number of hydrogen-bond acceptors (Lipinski definition) is 2. The van der Waals surface area contributed by atoms with Gasteiger partial charge in [-0.3, -0.25) is 0 Å². The van der Waals surface area contributed by atoms with Crippen molar-refractivity contribution in [2.24, 2.45) is 11.8 Å². The van der Waals surface area contributed by atoms with E-state index in [4.69, 9.17) is 5.11 Å². The monoisotopic (exact) mass is 113 g/mol. The molecule has 1 aliphatic heterocycles. The highest BCUT2D eigenvalue weighted by Gasteiger charge is 2.42. The lowest BCUT2D eigenvalue weighted by Crippen LogP contribution is -2.39. The van der Waals surface area contributed by atoms with Crippen LogP contribution in [0.1, 0.15) is 6.42 Å². The SMILES string of the molecule is OC1CC2CNCC12. The van der Waals surface area contributed by atoms with Gasteiger partial charge in [0.1, 0.15) is 0 Å². The summed E-state index contributed by atoms with van der Waals surface area (Å²) >= 11 is 0. The van der Waals surface area contributed by atoms with Crippen LogP contribution in [0.25, 0.3) is 0 Å². The second kappa shape index (κ2) is 1.45. The zero-order chi connectivity index (χ0) is 5.56. The van der Waals surface area contributed by atoms with Crippen molar-refractivity contribution < 1.29 is 5.11 Å². The molecule has 2 rings (SSSR count). The smallest absolute Gasteiger partial charge is 0.0586 e. The maximum absolute atomic E-state index is 9.08. The third kappa shape index (κ3) is 0.446. The van der Waals surface area contributed by atoms with Crippen LogP contribution in [0.2, 0.25) is 0 Å². The molecule has 46 valence electrons. The molecule has 2 N–H and O–H groups in total. The van der Waals surface area contributed by atoms with E-state index in [1.807, 2.05) is 0 Å². The second-order valence-corrected chi connectivity index (χ2v) is 2.89. The minimum Gasteiger partial charge on any atom is -0.393 e. The Bertz CT molecular complexity index is 105. The molecule has 0 aromatic heterocycles. The van der Waals surface area contributed by atoms with Gasteiger partial charge in [-0.05, 0) is 18.9 Å². The lowest BCUT2D eigenvalue weighted by molar-refractivity contribution is -0.00403. The molecule has 2 aliphatic rings. The van der Waals surface area contributed by atoms with Crippen LogP contribution in [0, 0.1) is 11.8 Å². The summed E-state index contributed by atoms with van der Waals surface area (Å²) in [4.78, 5) is 0. The third-order valence-corrected chi connectivity index (χ3v) is 2.43. The maximum atomic E-state index is 9.08. The van der Waals surface area contributed by atoms with Gasteiger partial charge >= 0.3 is 0 Å². The van der Waals surface area contributed by atoms with E-state index in [2.05, 4.69) is 5.32 Å². The predicted octanol–water partition coefficient (Wildman–Crippen LogP) is -0.413. The highest BCUT2D eigenvalue weighted by Crippen LogP contribution is 2.36. The summed E-state index contributed by atoms with van der Waals surface area (Å²) < 4.78 is 0. The molecule has 8 heavy (non-hydrogen) atoms. The largest absolute Gasteiger partial charge is 0.393 e. The van der Waals surface area contributed by atoms with E-state index >= 15 is 0 Å². The molecule has 0 bridgehead atoms. The lowest BCUT2D eigenvalue weighted by Gasteiger charge is -2.35. The maximum Gasteiger partial charge on any atom is 0.0586 e. The Hall–Kier alpha value is -0.0800. The molecule has 2 heteroatoms. The van der Waals surface area contributed by atoms with Crippen LogP contribution < -0.4 is 5.32 Å². The van der Waals surface area contributed by atoms with E-state index in [1.54, 1.807) is 0 Å². The van der Waals surface area contributed by atoms with Gasteiger partial charge in [0.15, 0.2) is 0 Å². The summed E-state index contributed by atoms with van der Waals surface area (Å²) in [5.41, 5.74) is 0. The van der Waals surface area contributed by atoms with Crippen LogP contribution in [0.4, 0.5) is 0 Å². The van der Waals surface area contributed by atoms with Crippen molar-refractivity contribution in [3.8, 4) is 0 Å². The van der Waals surface area contributed by atoms with Crippen LogP contribution in [0.15, 0.2) is 0 Å². The standard InChI is InChI=1S/C6H11NO/c8-6-1-4-2-7-3-5(4)6/h4-8H,1-3H2. The zero-order valence-electron chi connectivity index (χ0n) is 4.80. The predicted molar refractivity (Wildman–Crippen MR) is 30.5 cm³/mol. The van der Waals surface area contributed by atoms with E-state index in [9.17, 15) is 0 Å². The summed E-state index contributed by atoms with van der Waals surface area (Å²) in [5, 5.41) is 12.3. The van der Waals surface area contributed by atoms with Crippen LogP contribution in [-0.2, 0) is 0 Å². The first-order chi connectivity index (χ1) is 3.88. The normalized spacial score (nSPS) is 52.9. The molecule has 0 radical (unpaired) electrons.